The molecule has 3 nitrogen and oxygen atoms in total. The lowest BCUT2D eigenvalue weighted by molar-refractivity contribution is -0.142. The van der Waals surface area contributed by atoms with Gasteiger partial charge in [0.1, 0.15) is 0 Å². The molecule has 12 aromatic rings. The molecule has 80 heavy (non-hydrogen) atoms. The molecule has 2 heterocycles. The number of hydrogen-bond acceptors (Lipinski definition) is 1. The van der Waals surface area contributed by atoms with Gasteiger partial charge in [0.25, 0.3) is 0 Å². The molecule has 0 aliphatic carbocycles. The molecule has 0 saturated carbocycles. The van der Waals surface area contributed by atoms with Crippen LogP contribution in [0, 0.1) is 66.7 Å². The van der Waals surface area contributed by atoms with Crippen molar-refractivity contribution in [3.8, 4) is 73.1 Å². The number of fused-ring (bicyclic) bond motifs is 6. The molecule has 0 bridgehead atoms. The van der Waals surface area contributed by atoms with Gasteiger partial charge in [0.2, 0.25) is 0 Å². The number of hydrogen-bond donors (Lipinski definition) is 0. The van der Waals surface area contributed by atoms with E-state index in [1.807, 2.05) is 152 Å². The third kappa shape index (κ3) is 8.71. The van der Waals surface area contributed by atoms with Gasteiger partial charge >= 0.3 is 12.4 Å². The van der Waals surface area contributed by atoms with E-state index in [1.54, 1.807) is 9.13 Å². The van der Waals surface area contributed by atoms with E-state index in [-0.39, 0.29) is 22.5 Å². The van der Waals surface area contributed by atoms with E-state index in [1.165, 1.54) is 12.1 Å². The summed E-state index contributed by atoms with van der Waals surface area (Å²) >= 11 is 0. The quantitative estimate of drug-likeness (QED) is 0.146. The number of aryl methyl sites for hydroxylation is 8. The van der Waals surface area contributed by atoms with Crippen molar-refractivity contribution in [1.29, 1.82) is 5.26 Å². The summed E-state index contributed by atoms with van der Waals surface area (Å²) in [6.45, 7) is 16.2. The average molecular weight is 1060 g/mol. The zero-order valence-electron chi connectivity index (χ0n) is 45.4. The molecule has 0 aliphatic rings. The summed E-state index contributed by atoms with van der Waals surface area (Å²) in [5.74, 6) is 0. The first-order chi connectivity index (χ1) is 38.2. The van der Waals surface area contributed by atoms with E-state index >= 15 is 26.3 Å². The minimum absolute atomic E-state index is 0.0272. The summed E-state index contributed by atoms with van der Waals surface area (Å²) in [7, 11) is 0. The van der Waals surface area contributed by atoms with Crippen LogP contribution < -0.4 is 0 Å². The highest BCUT2D eigenvalue weighted by Crippen LogP contribution is 2.51. The first-order valence-corrected chi connectivity index (χ1v) is 26.5. The molecular formula is C71H53F6N3. The molecule has 10 aromatic carbocycles. The molecule has 0 radical (unpaired) electrons. The summed E-state index contributed by atoms with van der Waals surface area (Å²) in [6, 6.07) is 55.6. The second kappa shape index (κ2) is 19.1. The van der Waals surface area contributed by atoms with Gasteiger partial charge in [-0.1, -0.05) is 125 Å². The monoisotopic (exact) mass is 1060 g/mol. The van der Waals surface area contributed by atoms with Gasteiger partial charge < -0.3 is 9.13 Å². The number of aromatic nitrogens is 2. The van der Waals surface area contributed by atoms with Crippen molar-refractivity contribution >= 4 is 43.6 Å². The molecule has 0 N–H and O–H groups in total. The molecule has 9 heteroatoms. The van der Waals surface area contributed by atoms with Gasteiger partial charge in [0.15, 0.2) is 0 Å². The largest absolute Gasteiger partial charge is 0.417 e. The van der Waals surface area contributed by atoms with Crippen molar-refractivity contribution in [3.63, 3.8) is 0 Å². The van der Waals surface area contributed by atoms with Crippen LogP contribution in [0.2, 0.25) is 0 Å². The van der Waals surface area contributed by atoms with Gasteiger partial charge in [0.05, 0.1) is 56.2 Å². The van der Waals surface area contributed by atoms with Crippen LogP contribution in [0.25, 0.3) is 111 Å². The summed E-state index contributed by atoms with van der Waals surface area (Å²) < 4.78 is 99.7. The molecule has 0 spiro atoms. The van der Waals surface area contributed by atoms with Crippen LogP contribution in [-0.2, 0) is 12.4 Å². The number of alkyl halides is 6. The zero-order valence-corrected chi connectivity index (χ0v) is 45.4. The minimum Gasteiger partial charge on any atom is -0.308 e. The van der Waals surface area contributed by atoms with Gasteiger partial charge in [-0.15, -0.1) is 0 Å². The number of halogens is 6. The Labute approximate surface area is 460 Å². The van der Waals surface area contributed by atoms with Crippen LogP contribution in [-0.4, -0.2) is 9.13 Å². The Balaban J connectivity index is 1.26. The van der Waals surface area contributed by atoms with Crippen LogP contribution in [0.4, 0.5) is 26.3 Å². The van der Waals surface area contributed by atoms with Gasteiger partial charge in [-0.2, -0.15) is 31.6 Å². The molecular weight excluding hydrogens is 1010 g/mol. The van der Waals surface area contributed by atoms with E-state index in [4.69, 9.17) is 0 Å². The molecule has 0 unspecified atom stereocenters. The van der Waals surface area contributed by atoms with Crippen LogP contribution >= 0.6 is 0 Å². The van der Waals surface area contributed by atoms with Crippen molar-refractivity contribution in [2.24, 2.45) is 0 Å². The normalized spacial score (nSPS) is 12.1. The average Bonchev–Trinajstić information content (AvgIpc) is 4.12. The van der Waals surface area contributed by atoms with E-state index in [0.29, 0.717) is 55.7 Å². The predicted molar refractivity (Wildman–Crippen MR) is 315 cm³/mol. The Bertz CT molecular complexity index is 4120. The van der Waals surface area contributed by atoms with Crippen LogP contribution in [0.3, 0.4) is 0 Å². The molecule has 0 saturated heterocycles. The molecule has 2 aromatic heterocycles. The second-order valence-electron chi connectivity index (χ2n) is 21.6. The van der Waals surface area contributed by atoms with Crippen molar-refractivity contribution in [1.82, 2.24) is 9.13 Å². The Morgan fingerprint density at radius 1 is 0.338 bits per heavy atom. The number of benzene rings is 10. The fourth-order valence-corrected chi connectivity index (χ4v) is 12.4. The highest BCUT2D eigenvalue weighted by molar-refractivity contribution is 6.15. The fourth-order valence-electron chi connectivity index (χ4n) is 12.4. The van der Waals surface area contributed by atoms with Crippen molar-refractivity contribution in [2.75, 3.05) is 0 Å². The lowest BCUT2D eigenvalue weighted by atomic mass is 9.89. The molecule has 12 rings (SSSR count). The van der Waals surface area contributed by atoms with E-state index in [9.17, 15) is 5.26 Å². The maximum Gasteiger partial charge on any atom is 0.417 e. The van der Waals surface area contributed by atoms with Crippen LogP contribution in [0.5, 0.6) is 0 Å². The van der Waals surface area contributed by atoms with Crippen LogP contribution in [0.1, 0.15) is 61.2 Å². The van der Waals surface area contributed by atoms with Gasteiger partial charge in [-0.3, -0.25) is 0 Å². The Morgan fingerprint density at radius 3 is 0.875 bits per heavy atom. The minimum atomic E-state index is -5.26. The number of nitriles is 1. The van der Waals surface area contributed by atoms with Gasteiger partial charge in [-0.25, -0.2) is 0 Å². The van der Waals surface area contributed by atoms with Crippen LogP contribution in [0.15, 0.2) is 176 Å². The Morgan fingerprint density at radius 2 is 0.625 bits per heavy atom. The zero-order chi connectivity index (χ0) is 56.3. The van der Waals surface area contributed by atoms with E-state index < -0.39 is 29.0 Å². The van der Waals surface area contributed by atoms with E-state index in [0.717, 1.165) is 95.1 Å². The summed E-state index contributed by atoms with van der Waals surface area (Å²) in [4.78, 5) is 0. The topological polar surface area (TPSA) is 33.6 Å². The summed E-state index contributed by atoms with van der Waals surface area (Å²) in [6.07, 6.45) is -10.5. The number of rotatable bonds is 7. The van der Waals surface area contributed by atoms with Gasteiger partial charge in [-0.05, 0) is 195 Å². The standard InChI is InChI=1S/C71H53F6N3/c1-39-12-20-52(43(5)28-39)48-16-24-62-56(34-48)57-35-49(53-21-13-40(2)29-44(53)6)17-25-63(57)79(62)66-32-47(38-78)33-67(69(66)68-60(70(72,73)74)10-9-11-61(68)71(75,76)77)80-64-26-18-50(54-22-14-41(3)30-45(54)7)36-58(64)59-37-51(19-27-65(59)80)55-23-15-42(4)31-46(55)8/h9-37H,1-8H3. The molecule has 0 atom stereocenters. The third-order valence-corrected chi connectivity index (χ3v) is 15.9. The molecule has 0 aliphatic heterocycles. The number of nitrogens with zero attached hydrogens (tertiary/aromatic N) is 3. The van der Waals surface area contributed by atoms with E-state index in [2.05, 4.69) is 54.6 Å². The molecule has 0 amide bonds. The highest BCUT2D eigenvalue weighted by Gasteiger charge is 2.43. The third-order valence-electron chi connectivity index (χ3n) is 15.9. The molecule has 0 fully saturated rings. The Kier molecular flexibility index (Phi) is 12.3. The smallest absolute Gasteiger partial charge is 0.308 e. The SMILES string of the molecule is Cc1ccc(-c2ccc3c(c2)c2cc(-c4ccc(C)cc4C)ccc2n3-c2cc(C#N)cc(-n3c4ccc(-c5ccc(C)cc5C)cc4c4cc(-c5ccc(C)cc5C)ccc43)c2-c2c(C(F)(F)F)cccc2C(F)(F)F)c(C)c1. The molecule has 394 valence electrons. The summed E-state index contributed by atoms with van der Waals surface area (Å²) in [5, 5.41) is 14.0. The predicted octanol–water partition coefficient (Wildman–Crippen LogP) is 20.6. The lowest BCUT2D eigenvalue weighted by Gasteiger charge is -2.25. The maximum absolute atomic E-state index is 16.0. The van der Waals surface area contributed by atoms with Crippen molar-refractivity contribution < 1.29 is 26.3 Å². The van der Waals surface area contributed by atoms with Crippen molar-refractivity contribution in [2.45, 2.75) is 67.7 Å². The van der Waals surface area contributed by atoms with Crippen molar-refractivity contribution in [3.05, 3.63) is 237 Å². The Hall–Kier alpha value is -9.13. The first-order valence-electron chi connectivity index (χ1n) is 26.5. The maximum atomic E-state index is 16.0. The first kappa shape index (κ1) is 51.6. The van der Waals surface area contributed by atoms with Gasteiger partial charge in [0, 0.05) is 32.7 Å². The summed E-state index contributed by atoms with van der Waals surface area (Å²) in [5.41, 5.74) is 13.6. The lowest BCUT2D eigenvalue weighted by Crippen LogP contribution is -2.16. The fraction of sp³-hybridized carbons (Fsp3) is 0.141. The highest BCUT2D eigenvalue weighted by atomic mass is 19.4. The second-order valence-corrected chi connectivity index (χ2v) is 21.6.